The van der Waals surface area contributed by atoms with Crippen LogP contribution in [0.15, 0.2) is 22.8 Å². The molecule has 1 aromatic carbocycles. The van der Waals surface area contributed by atoms with Crippen molar-refractivity contribution in [2.75, 3.05) is 10.6 Å². The molecule has 1 aliphatic carbocycles. The summed E-state index contributed by atoms with van der Waals surface area (Å²) in [6.07, 6.45) is 1.58. The molecule has 9 heteroatoms. The summed E-state index contributed by atoms with van der Waals surface area (Å²) in [6.45, 7) is 1.36. The third-order valence-electron chi connectivity index (χ3n) is 4.55. The van der Waals surface area contributed by atoms with E-state index in [4.69, 9.17) is 0 Å². The van der Waals surface area contributed by atoms with Gasteiger partial charge in [0.05, 0.1) is 12.2 Å². The smallest absolute Gasteiger partial charge is 0.392 e. The van der Waals surface area contributed by atoms with Gasteiger partial charge in [0.2, 0.25) is 5.95 Å². The van der Waals surface area contributed by atoms with E-state index in [1.165, 1.54) is 18.9 Å². The van der Waals surface area contributed by atoms with Crippen molar-refractivity contribution in [1.82, 2.24) is 9.97 Å². The standard InChI is InChI=1S/C18H20BrF3N4O/c1-10-8-23-17(26-16(10)24-12-4-2-3-5-12)25-13-6-11(9-27)15(19)14(7-13)18(20,21)22/h6-8,12,27H,2-5,9H2,1H3,(H2,23,24,25,26). The van der Waals surface area contributed by atoms with Crippen molar-refractivity contribution in [2.24, 2.45) is 0 Å². The zero-order valence-corrected chi connectivity index (χ0v) is 16.3. The molecule has 0 bridgehead atoms. The average Bonchev–Trinajstić information content (AvgIpc) is 3.11. The Kier molecular flexibility index (Phi) is 5.90. The van der Waals surface area contributed by atoms with E-state index in [1.807, 2.05) is 6.92 Å². The van der Waals surface area contributed by atoms with Gasteiger partial charge in [-0.15, -0.1) is 0 Å². The molecule has 0 amide bonds. The van der Waals surface area contributed by atoms with Crippen molar-refractivity contribution in [3.05, 3.63) is 39.5 Å². The Morgan fingerprint density at radius 3 is 2.59 bits per heavy atom. The normalized spacial score (nSPS) is 15.2. The van der Waals surface area contributed by atoms with Crippen LogP contribution in [0.25, 0.3) is 0 Å². The molecule has 1 heterocycles. The molecule has 146 valence electrons. The lowest BCUT2D eigenvalue weighted by Gasteiger charge is -2.17. The highest BCUT2D eigenvalue weighted by Crippen LogP contribution is 2.39. The largest absolute Gasteiger partial charge is 0.417 e. The Morgan fingerprint density at radius 2 is 1.96 bits per heavy atom. The number of alkyl halides is 3. The van der Waals surface area contributed by atoms with Crippen LogP contribution in [0.1, 0.15) is 42.4 Å². The fraction of sp³-hybridized carbons (Fsp3) is 0.444. The zero-order chi connectivity index (χ0) is 19.6. The molecule has 1 fully saturated rings. The lowest BCUT2D eigenvalue weighted by molar-refractivity contribution is -0.138. The van der Waals surface area contributed by atoms with Gasteiger partial charge in [-0.05, 0) is 53.4 Å². The minimum absolute atomic E-state index is 0.128. The Bertz CT molecular complexity index is 823. The minimum atomic E-state index is -4.55. The third kappa shape index (κ3) is 4.70. The molecule has 0 atom stereocenters. The number of anilines is 3. The number of aryl methyl sites for hydroxylation is 1. The number of halogens is 4. The van der Waals surface area contributed by atoms with E-state index in [0.29, 0.717) is 11.9 Å². The fourth-order valence-corrected chi connectivity index (χ4v) is 3.70. The molecule has 0 spiro atoms. The lowest BCUT2D eigenvalue weighted by Crippen LogP contribution is -2.17. The molecule has 5 nitrogen and oxygen atoms in total. The van der Waals surface area contributed by atoms with Gasteiger partial charge in [-0.1, -0.05) is 12.8 Å². The number of nitrogens with one attached hydrogen (secondary N) is 2. The summed E-state index contributed by atoms with van der Waals surface area (Å²) in [4.78, 5) is 8.57. The fourth-order valence-electron chi connectivity index (χ4n) is 3.12. The number of aliphatic hydroxyl groups excluding tert-OH is 1. The molecular formula is C18H20BrF3N4O. The first kappa shape index (κ1) is 19.9. The first-order valence-electron chi connectivity index (χ1n) is 8.65. The Balaban J connectivity index is 1.88. The topological polar surface area (TPSA) is 70.1 Å². The second-order valence-electron chi connectivity index (χ2n) is 6.63. The van der Waals surface area contributed by atoms with Gasteiger partial charge in [0.25, 0.3) is 0 Å². The van der Waals surface area contributed by atoms with E-state index in [2.05, 4.69) is 36.5 Å². The van der Waals surface area contributed by atoms with Crippen molar-refractivity contribution < 1.29 is 18.3 Å². The maximum absolute atomic E-state index is 13.2. The Morgan fingerprint density at radius 1 is 1.26 bits per heavy atom. The van der Waals surface area contributed by atoms with Gasteiger partial charge in [0, 0.05) is 28.0 Å². The van der Waals surface area contributed by atoms with E-state index in [1.54, 1.807) is 6.20 Å². The minimum Gasteiger partial charge on any atom is -0.392 e. The summed E-state index contributed by atoms with van der Waals surface area (Å²) in [5.41, 5.74) is 0.289. The second-order valence-corrected chi connectivity index (χ2v) is 7.42. The second kappa shape index (κ2) is 8.02. The zero-order valence-electron chi connectivity index (χ0n) is 14.7. The molecule has 27 heavy (non-hydrogen) atoms. The molecule has 0 saturated heterocycles. The summed E-state index contributed by atoms with van der Waals surface area (Å²) >= 11 is 2.92. The maximum Gasteiger partial charge on any atom is 0.417 e. The van der Waals surface area contributed by atoms with Crippen molar-refractivity contribution >= 4 is 33.4 Å². The van der Waals surface area contributed by atoms with Gasteiger partial charge in [-0.25, -0.2) is 4.98 Å². The van der Waals surface area contributed by atoms with Gasteiger partial charge in [0.1, 0.15) is 5.82 Å². The highest BCUT2D eigenvalue weighted by molar-refractivity contribution is 9.10. The van der Waals surface area contributed by atoms with Gasteiger partial charge in [-0.2, -0.15) is 18.2 Å². The van der Waals surface area contributed by atoms with Crippen LogP contribution in [0.2, 0.25) is 0 Å². The predicted molar refractivity (Wildman–Crippen MR) is 101 cm³/mol. The Labute approximate surface area is 163 Å². The summed E-state index contributed by atoms with van der Waals surface area (Å²) in [6, 6.07) is 2.76. The van der Waals surface area contributed by atoms with Crippen molar-refractivity contribution in [1.29, 1.82) is 0 Å². The first-order valence-corrected chi connectivity index (χ1v) is 9.45. The third-order valence-corrected chi connectivity index (χ3v) is 5.48. The van der Waals surface area contributed by atoms with E-state index in [0.717, 1.165) is 24.5 Å². The number of nitrogens with zero attached hydrogens (tertiary/aromatic N) is 2. The van der Waals surface area contributed by atoms with Crippen LogP contribution in [0.4, 0.5) is 30.6 Å². The summed E-state index contributed by atoms with van der Waals surface area (Å²) in [5.74, 6) is 0.871. The van der Waals surface area contributed by atoms with E-state index < -0.39 is 18.3 Å². The quantitative estimate of drug-likeness (QED) is 0.594. The molecule has 3 rings (SSSR count). The molecule has 2 aromatic rings. The van der Waals surface area contributed by atoms with E-state index >= 15 is 0 Å². The van der Waals surface area contributed by atoms with E-state index in [-0.39, 0.29) is 21.7 Å². The summed E-state index contributed by atoms with van der Waals surface area (Å²) in [5, 5.41) is 15.6. The van der Waals surface area contributed by atoms with Gasteiger partial charge in [-0.3, -0.25) is 0 Å². The van der Waals surface area contributed by atoms with Gasteiger partial charge < -0.3 is 15.7 Å². The number of benzene rings is 1. The van der Waals surface area contributed by atoms with Crippen LogP contribution in [0, 0.1) is 6.92 Å². The molecule has 0 aliphatic heterocycles. The predicted octanol–water partition coefficient (Wildman–Crippen LogP) is 5.16. The van der Waals surface area contributed by atoms with E-state index in [9.17, 15) is 18.3 Å². The molecule has 1 aliphatic rings. The van der Waals surface area contributed by atoms with Crippen molar-refractivity contribution in [2.45, 2.75) is 51.4 Å². The molecule has 3 N–H and O–H groups in total. The first-order chi connectivity index (χ1) is 12.8. The molecule has 0 radical (unpaired) electrons. The molecule has 1 saturated carbocycles. The molecule has 0 unspecified atom stereocenters. The summed E-state index contributed by atoms with van der Waals surface area (Å²) in [7, 11) is 0. The number of hydrogen-bond acceptors (Lipinski definition) is 5. The van der Waals surface area contributed by atoms with Crippen molar-refractivity contribution in [3.63, 3.8) is 0 Å². The number of hydrogen-bond donors (Lipinski definition) is 3. The van der Waals surface area contributed by atoms with Crippen LogP contribution in [-0.2, 0) is 12.8 Å². The SMILES string of the molecule is Cc1cnc(Nc2cc(CO)c(Br)c(C(F)(F)F)c2)nc1NC1CCCC1. The van der Waals surface area contributed by atoms with Crippen molar-refractivity contribution in [3.8, 4) is 0 Å². The number of aromatic nitrogens is 2. The monoisotopic (exact) mass is 444 g/mol. The molecule has 1 aromatic heterocycles. The highest BCUT2D eigenvalue weighted by Gasteiger charge is 2.34. The molecular weight excluding hydrogens is 425 g/mol. The van der Waals surface area contributed by atoms with Crippen LogP contribution in [0.3, 0.4) is 0 Å². The van der Waals surface area contributed by atoms with Crippen LogP contribution in [-0.4, -0.2) is 21.1 Å². The van der Waals surface area contributed by atoms with Crippen LogP contribution in [0.5, 0.6) is 0 Å². The number of rotatable bonds is 5. The highest BCUT2D eigenvalue weighted by atomic mass is 79.9. The van der Waals surface area contributed by atoms with Gasteiger partial charge in [0.15, 0.2) is 0 Å². The Hall–Kier alpha value is -1.87. The summed E-state index contributed by atoms with van der Waals surface area (Å²) < 4.78 is 39.6. The van der Waals surface area contributed by atoms with Crippen LogP contribution < -0.4 is 10.6 Å². The van der Waals surface area contributed by atoms with Crippen LogP contribution >= 0.6 is 15.9 Å². The lowest BCUT2D eigenvalue weighted by atomic mass is 10.1. The average molecular weight is 445 g/mol. The number of aliphatic hydroxyl groups is 1. The van der Waals surface area contributed by atoms with Gasteiger partial charge >= 0.3 is 6.18 Å². The maximum atomic E-state index is 13.2.